The molecule has 3 rings (SSSR count). The lowest BCUT2D eigenvalue weighted by molar-refractivity contribution is -0.384. The number of halogens is 1. The SMILES string of the molecule is CN1CCN(c2ccc([N+](=O)[O-])cc2/C=C(\C#N)C(=O)Nc2ccc(Cl)cc2)CC1. The van der Waals surface area contributed by atoms with Gasteiger partial charge in [0.1, 0.15) is 11.6 Å². The fourth-order valence-electron chi connectivity index (χ4n) is 3.14. The minimum atomic E-state index is -0.601. The quantitative estimate of drug-likeness (QED) is 0.340. The Hall–Kier alpha value is -3.41. The molecular weight excluding hydrogens is 406 g/mol. The van der Waals surface area contributed by atoms with Crippen LogP contribution in [0.5, 0.6) is 0 Å². The summed E-state index contributed by atoms with van der Waals surface area (Å²) < 4.78 is 0. The fourth-order valence-corrected chi connectivity index (χ4v) is 3.27. The number of benzene rings is 2. The van der Waals surface area contributed by atoms with Gasteiger partial charge in [0, 0.05) is 60.3 Å². The third-order valence-corrected chi connectivity index (χ3v) is 5.08. The van der Waals surface area contributed by atoms with Crippen molar-refractivity contribution in [1.82, 2.24) is 4.90 Å². The number of nitriles is 1. The number of carbonyl (C=O) groups is 1. The van der Waals surface area contributed by atoms with Crippen molar-refractivity contribution in [3.63, 3.8) is 0 Å². The maximum atomic E-state index is 12.6. The van der Waals surface area contributed by atoms with Crippen LogP contribution in [0.25, 0.3) is 6.08 Å². The van der Waals surface area contributed by atoms with E-state index in [9.17, 15) is 20.2 Å². The van der Waals surface area contributed by atoms with E-state index in [2.05, 4.69) is 15.1 Å². The van der Waals surface area contributed by atoms with E-state index in [1.807, 2.05) is 13.1 Å². The number of hydrogen-bond acceptors (Lipinski definition) is 6. The lowest BCUT2D eigenvalue weighted by atomic mass is 10.1. The average Bonchev–Trinajstić information content (AvgIpc) is 2.74. The maximum absolute atomic E-state index is 12.6. The number of likely N-dealkylation sites (N-methyl/N-ethyl adjacent to an activating group) is 1. The molecule has 0 spiro atoms. The van der Waals surface area contributed by atoms with Gasteiger partial charge in [-0.3, -0.25) is 14.9 Å². The number of nitrogens with zero attached hydrogens (tertiary/aromatic N) is 4. The molecule has 0 radical (unpaired) electrons. The van der Waals surface area contributed by atoms with E-state index in [4.69, 9.17) is 11.6 Å². The molecule has 1 amide bonds. The monoisotopic (exact) mass is 425 g/mol. The van der Waals surface area contributed by atoms with Gasteiger partial charge in [0.15, 0.2) is 0 Å². The van der Waals surface area contributed by atoms with Gasteiger partial charge in [-0.05, 0) is 43.5 Å². The molecule has 2 aromatic rings. The number of amides is 1. The Kier molecular flexibility index (Phi) is 6.67. The molecule has 154 valence electrons. The van der Waals surface area contributed by atoms with Crippen LogP contribution in [0.1, 0.15) is 5.56 Å². The summed E-state index contributed by atoms with van der Waals surface area (Å²) in [5, 5.41) is 24.0. The second kappa shape index (κ2) is 9.39. The van der Waals surface area contributed by atoms with Gasteiger partial charge in [0.25, 0.3) is 11.6 Å². The Balaban J connectivity index is 1.93. The smallest absolute Gasteiger partial charge is 0.270 e. The minimum absolute atomic E-state index is 0.102. The first-order valence-electron chi connectivity index (χ1n) is 9.28. The van der Waals surface area contributed by atoms with Crippen LogP contribution in [0.2, 0.25) is 5.02 Å². The van der Waals surface area contributed by atoms with Gasteiger partial charge in [-0.15, -0.1) is 0 Å². The molecule has 0 aliphatic carbocycles. The van der Waals surface area contributed by atoms with Gasteiger partial charge < -0.3 is 15.1 Å². The Morgan fingerprint density at radius 1 is 1.20 bits per heavy atom. The number of nitro groups is 1. The van der Waals surface area contributed by atoms with E-state index in [1.54, 1.807) is 30.3 Å². The van der Waals surface area contributed by atoms with Crippen molar-refractivity contribution >= 4 is 40.6 Å². The summed E-state index contributed by atoms with van der Waals surface area (Å²) >= 11 is 5.85. The summed E-state index contributed by atoms with van der Waals surface area (Å²) in [6, 6.07) is 12.9. The van der Waals surface area contributed by atoms with E-state index in [-0.39, 0.29) is 11.3 Å². The minimum Gasteiger partial charge on any atom is -0.368 e. The number of nitrogens with one attached hydrogen (secondary N) is 1. The zero-order valence-corrected chi connectivity index (χ0v) is 17.1. The predicted octanol–water partition coefficient (Wildman–Crippen LogP) is 3.55. The van der Waals surface area contributed by atoms with Crippen molar-refractivity contribution in [1.29, 1.82) is 5.26 Å². The molecule has 2 aromatic carbocycles. The first kappa shape index (κ1) is 21.3. The lowest BCUT2D eigenvalue weighted by Crippen LogP contribution is -2.44. The molecule has 0 bridgehead atoms. The van der Waals surface area contributed by atoms with Crippen LogP contribution >= 0.6 is 11.6 Å². The maximum Gasteiger partial charge on any atom is 0.270 e. The van der Waals surface area contributed by atoms with Gasteiger partial charge in [0.05, 0.1) is 4.92 Å². The normalized spacial score (nSPS) is 14.8. The number of carbonyl (C=O) groups excluding carboxylic acids is 1. The summed E-state index contributed by atoms with van der Waals surface area (Å²) in [7, 11) is 2.03. The van der Waals surface area contributed by atoms with Crippen LogP contribution in [0.3, 0.4) is 0 Å². The molecule has 0 atom stereocenters. The molecule has 1 heterocycles. The van der Waals surface area contributed by atoms with E-state index >= 15 is 0 Å². The zero-order chi connectivity index (χ0) is 21.7. The fraction of sp³-hybridized carbons (Fsp3) is 0.238. The van der Waals surface area contributed by atoms with Crippen LogP contribution in [0, 0.1) is 21.4 Å². The lowest BCUT2D eigenvalue weighted by Gasteiger charge is -2.34. The highest BCUT2D eigenvalue weighted by molar-refractivity contribution is 6.30. The number of non-ortho nitro benzene ring substituents is 1. The summed E-state index contributed by atoms with van der Waals surface area (Å²) in [6.07, 6.45) is 1.39. The summed E-state index contributed by atoms with van der Waals surface area (Å²) in [6.45, 7) is 3.19. The number of anilines is 2. The van der Waals surface area contributed by atoms with Crippen LogP contribution in [-0.2, 0) is 4.79 Å². The van der Waals surface area contributed by atoms with Crippen LogP contribution in [-0.4, -0.2) is 49.0 Å². The molecule has 8 nitrogen and oxygen atoms in total. The predicted molar refractivity (Wildman–Crippen MR) is 116 cm³/mol. The van der Waals surface area contributed by atoms with Crippen molar-refractivity contribution in [2.75, 3.05) is 43.4 Å². The van der Waals surface area contributed by atoms with Crippen molar-refractivity contribution < 1.29 is 9.72 Å². The van der Waals surface area contributed by atoms with Crippen molar-refractivity contribution in [3.8, 4) is 6.07 Å². The summed E-state index contributed by atoms with van der Waals surface area (Å²) in [5.74, 6) is -0.601. The molecular formula is C21H20ClN5O3. The Bertz CT molecular complexity index is 1020. The van der Waals surface area contributed by atoms with Crippen molar-refractivity contribution in [2.45, 2.75) is 0 Å². The molecule has 1 aliphatic heterocycles. The number of rotatable bonds is 5. The first-order chi connectivity index (χ1) is 14.4. The molecule has 1 fully saturated rings. The first-order valence-corrected chi connectivity index (χ1v) is 9.66. The van der Waals surface area contributed by atoms with Crippen LogP contribution in [0.4, 0.5) is 17.1 Å². The van der Waals surface area contributed by atoms with E-state index in [0.29, 0.717) is 16.3 Å². The highest BCUT2D eigenvalue weighted by Crippen LogP contribution is 2.28. The number of hydrogen-bond donors (Lipinski definition) is 1. The van der Waals surface area contributed by atoms with E-state index in [1.165, 1.54) is 18.2 Å². The Labute approximate surface area is 179 Å². The van der Waals surface area contributed by atoms with Crippen LogP contribution < -0.4 is 10.2 Å². The zero-order valence-electron chi connectivity index (χ0n) is 16.3. The van der Waals surface area contributed by atoms with Gasteiger partial charge in [0.2, 0.25) is 0 Å². The molecule has 0 saturated carbocycles. The second-order valence-electron chi connectivity index (χ2n) is 6.92. The van der Waals surface area contributed by atoms with E-state index in [0.717, 1.165) is 31.9 Å². The Morgan fingerprint density at radius 3 is 2.47 bits per heavy atom. The van der Waals surface area contributed by atoms with Crippen molar-refractivity contribution in [3.05, 3.63) is 68.7 Å². The molecule has 0 unspecified atom stereocenters. The molecule has 1 saturated heterocycles. The summed E-state index contributed by atoms with van der Waals surface area (Å²) in [5.41, 5.74) is 1.44. The van der Waals surface area contributed by atoms with E-state index < -0.39 is 10.8 Å². The van der Waals surface area contributed by atoms with Gasteiger partial charge in [-0.1, -0.05) is 11.6 Å². The molecule has 1 aliphatic rings. The third kappa shape index (κ3) is 5.14. The molecule has 1 N–H and O–H groups in total. The van der Waals surface area contributed by atoms with Crippen LogP contribution in [0.15, 0.2) is 48.0 Å². The van der Waals surface area contributed by atoms with Gasteiger partial charge in [-0.2, -0.15) is 5.26 Å². The van der Waals surface area contributed by atoms with Gasteiger partial charge in [-0.25, -0.2) is 0 Å². The average molecular weight is 426 g/mol. The summed E-state index contributed by atoms with van der Waals surface area (Å²) in [4.78, 5) is 27.6. The number of nitro benzene ring substituents is 1. The third-order valence-electron chi connectivity index (χ3n) is 4.83. The van der Waals surface area contributed by atoms with Gasteiger partial charge >= 0.3 is 0 Å². The second-order valence-corrected chi connectivity index (χ2v) is 7.36. The number of piperazine rings is 1. The Morgan fingerprint density at radius 2 is 1.87 bits per heavy atom. The largest absolute Gasteiger partial charge is 0.368 e. The highest BCUT2D eigenvalue weighted by Gasteiger charge is 2.20. The standard InChI is InChI=1S/C21H20ClN5O3/c1-25-8-10-26(11-9-25)20-7-6-19(27(29)30)13-15(20)12-16(14-23)21(28)24-18-4-2-17(22)3-5-18/h2-7,12-13H,8-11H2,1H3,(H,24,28)/b16-12+. The molecule has 0 aromatic heterocycles. The van der Waals surface area contributed by atoms with Crippen molar-refractivity contribution in [2.24, 2.45) is 0 Å². The highest BCUT2D eigenvalue weighted by atomic mass is 35.5. The molecule has 9 heteroatoms. The topological polar surface area (TPSA) is 103 Å². The molecule has 30 heavy (non-hydrogen) atoms.